The third kappa shape index (κ3) is 3.03. The number of fused-ring (bicyclic) bond motifs is 1. The number of β-amino-alcohol motifs (C(OH)–C–C–N with tert-alkyl or cyclic N) is 1. The van der Waals surface area contributed by atoms with Crippen molar-refractivity contribution in [2.75, 3.05) is 6.54 Å². The van der Waals surface area contributed by atoms with Gasteiger partial charge in [-0.2, -0.15) is 0 Å². The van der Waals surface area contributed by atoms with Gasteiger partial charge in [0.15, 0.2) is 0 Å². The van der Waals surface area contributed by atoms with Crippen molar-refractivity contribution < 1.29 is 5.11 Å². The van der Waals surface area contributed by atoms with Gasteiger partial charge in [0, 0.05) is 18.0 Å². The molecule has 3 aromatic carbocycles. The van der Waals surface area contributed by atoms with E-state index < -0.39 is 11.6 Å². The highest BCUT2D eigenvalue weighted by atomic mass is 32.1. The molecule has 4 aromatic rings. The quantitative estimate of drug-likeness (QED) is 0.454. The molecule has 0 bridgehead atoms. The van der Waals surface area contributed by atoms with E-state index in [1.54, 1.807) is 11.3 Å². The molecular weight excluding hydrogens is 374 g/mol. The maximum Gasteiger partial charge on any atom is 0.0977 e. The Morgan fingerprint density at radius 2 is 1.21 bits per heavy atom. The molecule has 2 nitrogen and oxygen atoms in total. The van der Waals surface area contributed by atoms with Crippen molar-refractivity contribution in [2.45, 2.75) is 18.2 Å². The topological polar surface area (TPSA) is 23.5 Å². The summed E-state index contributed by atoms with van der Waals surface area (Å²) < 4.78 is 0. The van der Waals surface area contributed by atoms with Crippen molar-refractivity contribution in [3.63, 3.8) is 0 Å². The number of nitrogens with zero attached hydrogens (tertiary/aromatic N) is 1. The first kappa shape index (κ1) is 18.3. The molecule has 29 heavy (non-hydrogen) atoms. The summed E-state index contributed by atoms with van der Waals surface area (Å²) in [6.07, 6.45) is -0.486. The Bertz CT molecular complexity index is 979. The minimum Gasteiger partial charge on any atom is -0.387 e. The normalized spacial score (nSPS) is 17.1. The molecule has 0 fully saturated rings. The Morgan fingerprint density at radius 3 is 1.69 bits per heavy atom. The molecule has 0 radical (unpaired) electrons. The van der Waals surface area contributed by atoms with Crippen molar-refractivity contribution in [1.82, 2.24) is 4.90 Å². The lowest BCUT2D eigenvalue weighted by Crippen LogP contribution is -2.50. The maximum atomic E-state index is 11.0. The Morgan fingerprint density at radius 1 is 0.724 bits per heavy atom. The van der Waals surface area contributed by atoms with E-state index in [-0.39, 0.29) is 0 Å². The van der Waals surface area contributed by atoms with E-state index in [1.165, 1.54) is 21.6 Å². The monoisotopic (exact) mass is 397 g/mol. The van der Waals surface area contributed by atoms with Gasteiger partial charge in [0.05, 0.1) is 11.6 Å². The molecule has 1 atom stereocenters. The Labute approximate surface area is 175 Å². The third-order valence-corrected chi connectivity index (χ3v) is 6.84. The van der Waals surface area contributed by atoms with E-state index in [0.29, 0.717) is 6.54 Å². The standard InChI is InChI=1S/C26H23NOS/c28-24-18-27(19-25-23(24)16-17-29-25)26(20-10-4-1-5-11-20,21-12-6-2-7-13-21)22-14-8-3-9-15-22/h1-17,24,28H,18-19H2. The van der Waals surface area contributed by atoms with Gasteiger partial charge in [-0.15, -0.1) is 11.3 Å². The van der Waals surface area contributed by atoms with Crippen LogP contribution in [0.5, 0.6) is 0 Å². The fourth-order valence-electron chi connectivity index (χ4n) is 4.66. The van der Waals surface area contributed by atoms with E-state index in [1.807, 2.05) is 0 Å². The van der Waals surface area contributed by atoms with Crippen LogP contribution < -0.4 is 0 Å². The van der Waals surface area contributed by atoms with Crippen molar-refractivity contribution >= 4 is 11.3 Å². The van der Waals surface area contributed by atoms with Crippen LogP contribution >= 0.6 is 11.3 Å². The number of hydrogen-bond donors (Lipinski definition) is 1. The zero-order valence-corrected chi connectivity index (χ0v) is 16.9. The molecule has 0 saturated carbocycles. The van der Waals surface area contributed by atoms with Crippen LogP contribution in [-0.4, -0.2) is 16.6 Å². The van der Waals surface area contributed by atoms with Gasteiger partial charge in [0.25, 0.3) is 0 Å². The number of rotatable bonds is 4. The molecule has 1 unspecified atom stereocenters. The van der Waals surface area contributed by atoms with Crippen LogP contribution in [0.3, 0.4) is 0 Å². The predicted molar refractivity (Wildman–Crippen MR) is 119 cm³/mol. The summed E-state index contributed by atoms with van der Waals surface area (Å²) in [4.78, 5) is 3.69. The summed E-state index contributed by atoms with van der Waals surface area (Å²) in [6.45, 7) is 1.39. The number of benzene rings is 3. The Kier molecular flexibility index (Phi) is 4.80. The van der Waals surface area contributed by atoms with Crippen molar-refractivity contribution in [3.8, 4) is 0 Å². The molecule has 2 heterocycles. The van der Waals surface area contributed by atoms with E-state index in [4.69, 9.17) is 0 Å². The number of hydrogen-bond acceptors (Lipinski definition) is 3. The van der Waals surface area contributed by atoms with Crippen LogP contribution in [-0.2, 0) is 12.1 Å². The fraction of sp³-hybridized carbons (Fsp3) is 0.154. The minimum absolute atomic E-state index is 0.480. The molecule has 1 N–H and O–H groups in total. The van der Waals surface area contributed by atoms with Gasteiger partial charge in [-0.1, -0.05) is 91.0 Å². The highest BCUT2D eigenvalue weighted by molar-refractivity contribution is 7.10. The van der Waals surface area contributed by atoms with Crippen molar-refractivity contribution in [2.24, 2.45) is 0 Å². The van der Waals surface area contributed by atoms with Crippen LogP contribution in [0.2, 0.25) is 0 Å². The molecule has 0 aliphatic carbocycles. The summed E-state index contributed by atoms with van der Waals surface area (Å²) in [5, 5.41) is 13.1. The van der Waals surface area contributed by atoms with Gasteiger partial charge in [-0.3, -0.25) is 4.90 Å². The Balaban J connectivity index is 1.79. The van der Waals surface area contributed by atoms with Gasteiger partial charge in [-0.25, -0.2) is 0 Å². The van der Waals surface area contributed by atoms with E-state index in [9.17, 15) is 5.11 Å². The lowest BCUT2D eigenvalue weighted by molar-refractivity contribution is 0.0480. The first-order valence-corrected chi connectivity index (χ1v) is 10.8. The van der Waals surface area contributed by atoms with Crippen LogP contribution in [0.15, 0.2) is 102 Å². The summed E-state index contributed by atoms with van der Waals surface area (Å²) >= 11 is 1.73. The lowest BCUT2D eigenvalue weighted by Gasteiger charge is -2.48. The minimum atomic E-state index is -0.486. The summed E-state index contributed by atoms with van der Waals surface area (Å²) in [5.74, 6) is 0. The second kappa shape index (κ2) is 7.60. The van der Waals surface area contributed by atoms with Crippen LogP contribution in [0.4, 0.5) is 0 Å². The molecule has 1 aliphatic heterocycles. The molecule has 0 amide bonds. The first-order chi connectivity index (χ1) is 14.3. The Hall–Kier alpha value is -2.72. The lowest BCUT2D eigenvalue weighted by atomic mass is 9.74. The van der Waals surface area contributed by atoms with Crippen molar-refractivity contribution in [1.29, 1.82) is 0 Å². The predicted octanol–water partition coefficient (Wildman–Crippen LogP) is 5.59. The molecule has 3 heteroatoms. The van der Waals surface area contributed by atoms with Crippen LogP contribution in [0.1, 0.15) is 33.2 Å². The SMILES string of the molecule is OC1CN(C(c2ccccc2)(c2ccccc2)c2ccccc2)Cc2sccc21. The summed E-state index contributed by atoms with van der Waals surface area (Å²) in [7, 11) is 0. The second-order valence-corrected chi connectivity index (χ2v) is 8.50. The fourth-order valence-corrected chi connectivity index (χ4v) is 5.61. The maximum absolute atomic E-state index is 11.0. The average molecular weight is 398 g/mol. The number of aliphatic hydroxyl groups is 1. The van der Waals surface area contributed by atoms with Gasteiger partial charge in [0.2, 0.25) is 0 Å². The van der Waals surface area contributed by atoms with Crippen LogP contribution in [0, 0.1) is 0 Å². The molecule has 5 rings (SSSR count). The van der Waals surface area contributed by atoms with Gasteiger partial charge in [-0.05, 0) is 33.7 Å². The molecular formula is C26H23NOS. The van der Waals surface area contributed by atoms with E-state index in [0.717, 1.165) is 12.1 Å². The third-order valence-electron chi connectivity index (χ3n) is 5.92. The van der Waals surface area contributed by atoms with Crippen molar-refractivity contribution in [3.05, 3.63) is 130 Å². The summed E-state index contributed by atoms with van der Waals surface area (Å²) in [5.41, 5.74) is 4.24. The zero-order valence-electron chi connectivity index (χ0n) is 16.1. The smallest absolute Gasteiger partial charge is 0.0977 e. The second-order valence-electron chi connectivity index (χ2n) is 7.50. The molecule has 0 saturated heterocycles. The van der Waals surface area contributed by atoms with E-state index >= 15 is 0 Å². The van der Waals surface area contributed by atoms with Gasteiger partial charge >= 0.3 is 0 Å². The van der Waals surface area contributed by atoms with Gasteiger partial charge < -0.3 is 5.11 Å². The average Bonchev–Trinajstić information content (AvgIpc) is 3.26. The molecule has 1 aromatic heterocycles. The highest BCUT2D eigenvalue weighted by Gasteiger charge is 2.44. The first-order valence-electron chi connectivity index (χ1n) is 9.96. The highest BCUT2D eigenvalue weighted by Crippen LogP contribution is 2.46. The van der Waals surface area contributed by atoms with Crippen LogP contribution in [0.25, 0.3) is 0 Å². The van der Waals surface area contributed by atoms with Gasteiger partial charge in [0.1, 0.15) is 0 Å². The largest absolute Gasteiger partial charge is 0.387 e. The molecule has 144 valence electrons. The molecule has 0 spiro atoms. The molecule has 1 aliphatic rings. The van der Waals surface area contributed by atoms with E-state index in [2.05, 4.69) is 107 Å². The zero-order chi connectivity index (χ0) is 19.7. The number of aliphatic hydroxyl groups excluding tert-OH is 1. The number of thiophene rings is 1. The summed E-state index contributed by atoms with van der Waals surface area (Å²) in [6, 6.07) is 34.1.